The summed E-state index contributed by atoms with van der Waals surface area (Å²) in [5.41, 5.74) is 0.845. The van der Waals surface area contributed by atoms with Crippen molar-refractivity contribution in [2.45, 2.75) is 33.2 Å². The second kappa shape index (κ2) is 10.9. The highest BCUT2D eigenvalue weighted by Gasteiger charge is 2.48. The minimum atomic E-state index is -1.10. The van der Waals surface area contributed by atoms with Crippen molar-refractivity contribution < 1.29 is 33.4 Å². The van der Waals surface area contributed by atoms with Gasteiger partial charge in [0.15, 0.2) is 5.13 Å². The standard InChI is InChI=1S/C27H25FN2O6S/c1-4-14-36-19-12-8-17(9-13-19)22(31)20-21(16-6-10-18(28)11-7-16)30(25(33)23(20)32)27-29-15(3)24(37-27)26(34)35-5-2/h6-13,21,31H,4-5,14H2,1-3H3/t21-/m0/s1. The number of carbonyl (C=O) groups excluding carboxylic acids is 3. The van der Waals surface area contributed by atoms with Gasteiger partial charge in [0.1, 0.15) is 22.2 Å². The molecule has 3 aromatic rings. The quantitative estimate of drug-likeness (QED) is 0.187. The maximum absolute atomic E-state index is 13.7. The highest BCUT2D eigenvalue weighted by molar-refractivity contribution is 7.17. The summed E-state index contributed by atoms with van der Waals surface area (Å²) in [4.78, 5) is 44.6. The molecular weight excluding hydrogens is 499 g/mol. The maximum Gasteiger partial charge on any atom is 0.350 e. The van der Waals surface area contributed by atoms with E-state index in [1.165, 1.54) is 24.3 Å². The number of esters is 1. The lowest BCUT2D eigenvalue weighted by atomic mass is 9.95. The van der Waals surface area contributed by atoms with E-state index in [0.29, 0.717) is 29.2 Å². The fourth-order valence-corrected chi connectivity index (χ4v) is 4.93. The van der Waals surface area contributed by atoms with Crippen LogP contribution in [-0.2, 0) is 14.3 Å². The van der Waals surface area contributed by atoms with Gasteiger partial charge in [0.25, 0.3) is 5.78 Å². The normalized spacial score (nSPS) is 16.8. The van der Waals surface area contributed by atoms with Crippen molar-refractivity contribution in [2.75, 3.05) is 18.1 Å². The molecule has 0 saturated carbocycles. The number of hydrogen-bond acceptors (Lipinski definition) is 8. The number of nitrogens with zero attached hydrogens (tertiary/aromatic N) is 2. The lowest BCUT2D eigenvalue weighted by Crippen LogP contribution is -2.29. The largest absolute Gasteiger partial charge is 0.507 e. The van der Waals surface area contributed by atoms with E-state index >= 15 is 0 Å². The van der Waals surface area contributed by atoms with Gasteiger partial charge in [-0.15, -0.1) is 0 Å². The second-order valence-corrected chi connectivity index (χ2v) is 9.20. The average molecular weight is 525 g/mol. The first kappa shape index (κ1) is 26.0. The summed E-state index contributed by atoms with van der Waals surface area (Å²) in [7, 11) is 0. The Morgan fingerprint density at radius 3 is 2.41 bits per heavy atom. The third-order valence-corrected chi connectivity index (χ3v) is 6.82. The van der Waals surface area contributed by atoms with Crippen LogP contribution in [0.4, 0.5) is 9.52 Å². The molecule has 1 atom stereocenters. The Morgan fingerprint density at radius 1 is 1.11 bits per heavy atom. The van der Waals surface area contributed by atoms with E-state index < -0.39 is 35.3 Å². The molecule has 0 radical (unpaired) electrons. The predicted molar refractivity (Wildman–Crippen MR) is 136 cm³/mol. The highest BCUT2D eigenvalue weighted by atomic mass is 32.1. The van der Waals surface area contributed by atoms with Gasteiger partial charge in [-0.2, -0.15) is 0 Å². The summed E-state index contributed by atoms with van der Waals surface area (Å²) >= 11 is 0.904. The van der Waals surface area contributed by atoms with Crippen molar-refractivity contribution in [2.24, 2.45) is 0 Å². The highest BCUT2D eigenvalue weighted by Crippen LogP contribution is 2.44. The van der Waals surface area contributed by atoms with E-state index in [0.717, 1.165) is 22.7 Å². The number of Topliss-reactive ketones (excluding diaryl/α,β-unsaturated/α-hetero) is 1. The van der Waals surface area contributed by atoms with E-state index in [-0.39, 0.29) is 22.2 Å². The van der Waals surface area contributed by atoms with E-state index in [2.05, 4.69) is 4.98 Å². The molecule has 0 unspecified atom stereocenters. The van der Waals surface area contributed by atoms with Crippen molar-refractivity contribution >= 4 is 39.9 Å². The number of ketones is 1. The fourth-order valence-electron chi connectivity index (χ4n) is 3.95. The van der Waals surface area contributed by atoms with Crippen molar-refractivity contribution in [3.63, 3.8) is 0 Å². The molecule has 0 bridgehead atoms. The average Bonchev–Trinajstić information content (AvgIpc) is 3.40. The number of carbonyl (C=O) groups is 3. The Kier molecular flexibility index (Phi) is 7.68. The number of aliphatic hydroxyl groups is 1. The molecule has 37 heavy (non-hydrogen) atoms. The van der Waals surface area contributed by atoms with Gasteiger partial charge in [0.2, 0.25) is 0 Å². The number of amides is 1. The lowest BCUT2D eigenvalue weighted by Gasteiger charge is -2.23. The third-order valence-electron chi connectivity index (χ3n) is 5.68. The van der Waals surface area contributed by atoms with Crippen molar-refractivity contribution in [3.05, 3.63) is 81.6 Å². The Labute approximate surface area is 217 Å². The van der Waals surface area contributed by atoms with Crippen LogP contribution in [0.2, 0.25) is 0 Å². The molecule has 1 amide bonds. The number of ether oxygens (including phenoxy) is 2. The molecule has 1 aliphatic heterocycles. The number of thiazole rings is 1. The number of aryl methyl sites for hydroxylation is 1. The Balaban J connectivity index is 1.84. The smallest absolute Gasteiger partial charge is 0.350 e. The Bertz CT molecular complexity index is 1360. The summed E-state index contributed by atoms with van der Waals surface area (Å²) in [5.74, 6) is -2.75. The molecule has 0 aliphatic carbocycles. The van der Waals surface area contributed by atoms with Gasteiger partial charge >= 0.3 is 11.9 Å². The molecule has 1 N–H and O–H groups in total. The Morgan fingerprint density at radius 2 is 1.78 bits per heavy atom. The van der Waals surface area contributed by atoms with Crippen LogP contribution in [0.3, 0.4) is 0 Å². The van der Waals surface area contributed by atoms with Crippen LogP contribution in [0.5, 0.6) is 5.75 Å². The molecule has 4 rings (SSSR count). The number of halogens is 1. The fraction of sp³-hybridized carbons (Fsp3) is 0.259. The van der Waals surface area contributed by atoms with Crippen molar-refractivity contribution in [1.29, 1.82) is 0 Å². The monoisotopic (exact) mass is 524 g/mol. The molecule has 1 saturated heterocycles. The first-order valence-corrected chi connectivity index (χ1v) is 12.5. The van der Waals surface area contributed by atoms with Crippen LogP contribution >= 0.6 is 11.3 Å². The summed E-state index contributed by atoms with van der Waals surface area (Å²) in [6, 6.07) is 10.6. The number of anilines is 1. The zero-order chi connectivity index (χ0) is 26.7. The zero-order valence-corrected chi connectivity index (χ0v) is 21.3. The summed E-state index contributed by atoms with van der Waals surface area (Å²) < 4.78 is 24.4. The van der Waals surface area contributed by atoms with Gasteiger partial charge < -0.3 is 14.6 Å². The molecule has 8 nitrogen and oxygen atoms in total. The van der Waals surface area contributed by atoms with Crippen LogP contribution < -0.4 is 9.64 Å². The van der Waals surface area contributed by atoms with E-state index in [9.17, 15) is 23.9 Å². The zero-order valence-electron chi connectivity index (χ0n) is 20.5. The number of rotatable bonds is 8. The van der Waals surface area contributed by atoms with Gasteiger partial charge in [-0.25, -0.2) is 14.2 Å². The van der Waals surface area contributed by atoms with Crippen molar-refractivity contribution in [3.8, 4) is 5.75 Å². The molecule has 1 fully saturated rings. The number of hydrogen-bond donors (Lipinski definition) is 1. The first-order valence-electron chi connectivity index (χ1n) is 11.7. The van der Waals surface area contributed by atoms with Gasteiger partial charge in [-0.05, 0) is 62.2 Å². The summed E-state index contributed by atoms with van der Waals surface area (Å²) in [5, 5.41) is 11.3. The second-order valence-electron chi connectivity index (χ2n) is 8.22. The van der Waals surface area contributed by atoms with Crippen LogP contribution in [0.25, 0.3) is 5.76 Å². The maximum atomic E-state index is 13.7. The molecule has 2 heterocycles. The number of aromatic nitrogens is 1. The SMILES string of the molecule is CCCOc1ccc(C(O)=C2C(=O)C(=O)N(c3nc(C)c(C(=O)OCC)s3)[C@H]2c2ccc(F)cc2)cc1. The van der Waals surface area contributed by atoms with Gasteiger partial charge in [0, 0.05) is 5.56 Å². The predicted octanol–water partition coefficient (Wildman–Crippen LogP) is 5.18. The van der Waals surface area contributed by atoms with Gasteiger partial charge in [-0.3, -0.25) is 14.5 Å². The van der Waals surface area contributed by atoms with Crippen LogP contribution in [0.15, 0.2) is 54.1 Å². The van der Waals surface area contributed by atoms with Gasteiger partial charge in [-0.1, -0.05) is 30.4 Å². The lowest BCUT2D eigenvalue weighted by molar-refractivity contribution is -0.132. The van der Waals surface area contributed by atoms with Gasteiger partial charge in [0.05, 0.1) is 30.5 Å². The molecule has 1 aromatic heterocycles. The summed E-state index contributed by atoms with van der Waals surface area (Å²) in [6.07, 6.45) is 0.830. The topological polar surface area (TPSA) is 106 Å². The van der Waals surface area contributed by atoms with Crippen LogP contribution in [0, 0.1) is 12.7 Å². The van der Waals surface area contributed by atoms with E-state index in [1.807, 2.05) is 6.92 Å². The van der Waals surface area contributed by atoms with Crippen LogP contribution in [0.1, 0.15) is 52.8 Å². The first-order chi connectivity index (χ1) is 17.8. The molecule has 2 aromatic carbocycles. The minimum Gasteiger partial charge on any atom is -0.507 e. The molecule has 0 spiro atoms. The molecule has 10 heteroatoms. The Hall–Kier alpha value is -4.05. The molecule has 1 aliphatic rings. The van der Waals surface area contributed by atoms with Crippen molar-refractivity contribution in [1.82, 2.24) is 4.98 Å². The van der Waals surface area contributed by atoms with Crippen LogP contribution in [-0.4, -0.2) is 41.0 Å². The van der Waals surface area contributed by atoms with E-state index in [4.69, 9.17) is 9.47 Å². The molecule has 192 valence electrons. The number of benzene rings is 2. The minimum absolute atomic E-state index is 0.0827. The molecular formula is C27H25FN2O6S. The summed E-state index contributed by atoms with van der Waals surface area (Å²) in [6.45, 7) is 5.94. The third kappa shape index (κ3) is 5.10. The van der Waals surface area contributed by atoms with E-state index in [1.54, 1.807) is 38.1 Å². The number of aliphatic hydroxyl groups excluding tert-OH is 1.